The van der Waals surface area contributed by atoms with Gasteiger partial charge in [0.05, 0.1) is 30.9 Å². The molecule has 3 aromatic carbocycles. The van der Waals surface area contributed by atoms with Gasteiger partial charge in [0.25, 0.3) is 0 Å². The monoisotopic (exact) mass is 427 g/mol. The molecule has 0 aliphatic heterocycles. The van der Waals surface area contributed by atoms with Crippen LogP contribution in [0.15, 0.2) is 72.8 Å². The topological polar surface area (TPSA) is 97.2 Å². The molecule has 0 spiro atoms. The first-order chi connectivity index (χ1) is 15.7. The van der Waals surface area contributed by atoms with Crippen LogP contribution < -0.4 is 14.8 Å². The summed E-state index contributed by atoms with van der Waals surface area (Å²) in [6.07, 6.45) is 0. The summed E-state index contributed by atoms with van der Waals surface area (Å²) in [7, 11) is 3.17. The molecule has 0 radical (unpaired) electrons. The van der Waals surface area contributed by atoms with E-state index < -0.39 is 0 Å². The highest BCUT2D eigenvalue weighted by atomic mass is 16.5. The van der Waals surface area contributed by atoms with Gasteiger partial charge in [-0.25, -0.2) is 9.67 Å². The molecule has 8 nitrogen and oxygen atoms in total. The number of aromatic amines is 1. The summed E-state index contributed by atoms with van der Waals surface area (Å²) < 4.78 is 12.4. The van der Waals surface area contributed by atoms with Crippen molar-refractivity contribution in [3.8, 4) is 34.5 Å². The van der Waals surface area contributed by atoms with Crippen LogP contribution in [0.4, 0.5) is 11.5 Å². The minimum atomic E-state index is -0.163. The van der Waals surface area contributed by atoms with Gasteiger partial charge in [0.1, 0.15) is 28.7 Å². The number of aromatic hydroxyl groups is 1. The molecule has 160 valence electrons. The van der Waals surface area contributed by atoms with Gasteiger partial charge in [-0.05, 0) is 24.3 Å². The lowest BCUT2D eigenvalue weighted by Crippen LogP contribution is -2.04. The van der Waals surface area contributed by atoms with E-state index in [1.807, 2.05) is 66.7 Å². The fourth-order valence-corrected chi connectivity index (χ4v) is 3.57. The van der Waals surface area contributed by atoms with E-state index in [-0.39, 0.29) is 5.88 Å². The first kappa shape index (κ1) is 19.5. The highest BCUT2D eigenvalue weighted by Crippen LogP contribution is 2.39. The summed E-state index contributed by atoms with van der Waals surface area (Å²) in [5.74, 6) is 2.09. The van der Waals surface area contributed by atoms with Gasteiger partial charge in [0, 0.05) is 23.9 Å². The molecule has 0 saturated heterocycles. The van der Waals surface area contributed by atoms with E-state index in [2.05, 4.69) is 20.4 Å². The molecule has 0 aliphatic rings. The molecule has 0 atom stereocenters. The fraction of sp³-hybridized carbons (Fsp3) is 0.0833. The third-order valence-electron chi connectivity index (χ3n) is 5.11. The van der Waals surface area contributed by atoms with Crippen LogP contribution in [0.5, 0.6) is 17.4 Å². The fourth-order valence-electron chi connectivity index (χ4n) is 3.57. The molecule has 2 aromatic heterocycles. The summed E-state index contributed by atoms with van der Waals surface area (Å²) in [4.78, 5) is 7.94. The Kier molecular flexibility index (Phi) is 4.87. The normalized spacial score (nSPS) is 10.9. The average Bonchev–Trinajstić information content (AvgIpc) is 3.39. The van der Waals surface area contributed by atoms with Gasteiger partial charge in [0.15, 0.2) is 0 Å². The number of imidazole rings is 1. The first-order valence-electron chi connectivity index (χ1n) is 9.99. The van der Waals surface area contributed by atoms with Gasteiger partial charge in [-0.2, -0.15) is 0 Å². The largest absolute Gasteiger partial charge is 0.497 e. The number of para-hydroxylation sites is 3. The number of hydrogen-bond acceptors (Lipinski definition) is 6. The molecular formula is C24H21N5O3. The van der Waals surface area contributed by atoms with Crippen LogP contribution in [0.1, 0.15) is 0 Å². The quantitative estimate of drug-likeness (QED) is 0.357. The summed E-state index contributed by atoms with van der Waals surface area (Å²) >= 11 is 0. The van der Waals surface area contributed by atoms with E-state index in [0.717, 1.165) is 16.7 Å². The maximum Gasteiger partial charge on any atom is 0.244 e. The average molecular weight is 427 g/mol. The van der Waals surface area contributed by atoms with Crippen molar-refractivity contribution < 1.29 is 14.6 Å². The van der Waals surface area contributed by atoms with E-state index >= 15 is 0 Å². The number of fused-ring (bicyclic) bond motifs is 1. The Bertz CT molecular complexity index is 1340. The number of nitrogens with zero attached hydrogens (tertiary/aromatic N) is 3. The highest BCUT2D eigenvalue weighted by Gasteiger charge is 2.24. The van der Waals surface area contributed by atoms with E-state index in [4.69, 9.17) is 9.47 Å². The van der Waals surface area contributed by atoms with Crippen LogP contribution in [0, 0.1) is 0 Å². The molecule has 0 fully saturated rings. The molecular weight excluding hydrogens is 406 g/mol. The van der Waals surface area contributed by atoms with Crippen molar-refractivity contribution in [3.63, 3.8) is 0 Å². The molecule has 3 N–H and O–H groups in total. The predicted molar refractivity (Wildman–Crippen MR) is 123 cm³/mol. The lowest BCUT2D eigenvalue weighted by Gasteiger charge is -2.13. The van der Waals surface area contributed by atoms with Crippen molar-refractivity contribution in [2.75, 3.05) is 19.5 Å². The number of ether oxygens (including phenoxy) is 2. The standard InChI is InChI=1S/C24H21N5O3/c1-31-17-12-16(13-18(14-17)32-2)29-23(25-15-8-4-3-5-9-15)21(24(30)28-29)22-26-19-10-6-7-11-20(19)27-22/h3-14,25H,1-2H3,(H,26,27)(H,28,30). The summed E-state index contributed by atoms with van der Waals surface area (Å²) in [5, 5.41) is 18.7. The molecule has 0 saturated carbocycles. The number of aromatic nitrogens is 4. The zero-order valence-corrected chi connectivity index (χ0v) is 17.5. The van der Waals surface area contributed by atoms with Crippen LogP contribution in [0.25, 0.3) is 28.1 Å². The smallest absolute Gasteiger partial charge is 0.244 e. The number of rotatable bonds is 6. The Labute approximate surface area is 184 Å². The first-order valence-corrected chi connectivity index (χ1v) is 9.99. The Morgan fingerprint density at radius 3 is 2.28 bits per heavy atom. The van der Waals surface area contributed by atoms with Gasteiger partial charge in [0.2, 0.25) is 5.88 Å². The molecule has 5 rings (SSSR count). The number of nitrogens with one attached hydrogen (secondary N) is 2. The van der Waals surface area contributed by atoms with E-state index in [0.29, 0.717) is 34.4 Å². The van der Waals surface area contributed by atoms with Crippen molar-refractivity contribution in [3.05, 3.63) is 72.8 Å². The molecule has 8 heteroatoms. The maximum atomic E-state index is 10.9. The number of methoxy groups -OCH3 is 2. The lowest BCUT2D eigenvalue weighted by molar-refractivity contribution is 0.393. The summed E-state index contributed by atoms with van der Waals surface area (Å²) in [5.41, 5.74) is 3.59. The Hall–Kier alpha value is -4.46. The van der Waals surface area contributed by atoms with Crippen molar-refractivity contribution >= 4 is 22.5 Å². The zero-order valence-electron chi connectivity index (χ0n) is 17.5. The Morgan fingerprint density at radius 2 is 1.59 bits per heavy atom. The van der Waals surface area contributed by atoms with Crippen LogP contribution in [0.2, 0.25) is 0 Å². The highest BCUT2D eigenvalue weighted by molar-refractivity contribution is 5.86. The third kappa shape index (κ3) is 3.47. The number of H-pyrrole nitrogens is 1. The van der Waals surface area contributed by atoms with Crippen molar-refractivity contribution in [1.29, 1.82) is 0 Å². The van der Waals surface area contributed by atoms with Gasteiger partial charge >= 0.3 is 0 Å². The van der Waals surface area contributed by atoms with Crippen LogP contribution in [-0.4, -0.2) is 39.1 Å². The van der Waals surface area contributed by atoms with E-state index in [1.165, 1.54) is 0 Å². The molecule has 2 heterocycles. The van der Waals surface area contributed by atoms with Crippen LogP contribution in [-0.2, 0) is 0 Å². The Balaban J connectivity index is 1.73. The summed E-state index contributed by atoms with van der Waals surface area (Å²) in [6.45, 7) is 0. The second-order valence-corrected chi connectivity index (χ2v) is 7.12. The van der Waals surface area contributed by atoms with Crippen molar-refractivity contribution in [2.45, 2.75) is 0 Å². The SMILES string of the molecule is COc1cc(OC)cc(-n2nc(O)c(-c3nc4ccccc4[nH]3)c2Nc2ccccc2)c1. The van der Waals surface area contributed by atoms with Gasteiger partial charge in [-0.3, -0.25) is 0 Å². The van der Waals surface area contributed by atoms with Gasteiger partial charge < -0.3 is 24.9 Å². The second-order valence-electron chi connectivity index (χ2n) is 7.12. The molecule has 0 aliphatic carbocycles. The van der Waals surface area contributed by atoms with E-state index in [1.54, 1.807) is 25.0 Å². The molecule has 0 bridgehead atoms. The van der Waals surface area contributed by atoms with Crippen LogP contribution >= 0.6 is 0 Å². The molecule has 32 heavy (non-hydrogen) atoms. The zero-order chi connectivity index (χ0) is 22.1. The molecule has 0 amide bonds. The second kappa shape index (κ2) is 7.99. The third-order valence-corrected chi connectivity index (χ3v) is 5.11. The molecule has 0 unspecified atom stereocenters. The van der Waals surface area contributed by atoms with Crippen molar-refractivity contribution in [2.24, 2.45) is 0 Å². The van der Waals surface area contributed by atoms with Crippen LogP contribution in [0.3, 0.4) is 0 Å². The van der Waals surface area contributed by atoms with Crippen molar-refractivity contribution in [1.82, 2.24) is 19.7 Å². The number of hydrogen-bond donors (Lipinski definition) is 3. The van der Waals surface area contributed by atoms with Gasteiger partial charge in [-0.1, -0.05) is 30.3 Å². The summed E-state index contributed by atoms with van der Waals surface area (Å²) in [6, 6.07) is 22.8. The maximum absolute atomic E-state index is 10.9. The minimum Gasteiger partial charge on any atom is -0.497 e. The lowest BCUT2D eigenvalue weighted by atomic mass is 10.2. The minimum absolute atomic E-state index is 0.163. The van der Waals surface area contributed by atoms with Gasteiger partial charge in [-0.15, -0.1) is 5.10 Å². The number of anilines is 2. The Morgan fingerprint density at radius 1 is 0.906 bits per heavy atom. The predicted octanol–water partition coefficient (Wildman–Crippen LogP) is 4.88. The number of benzene rings is 3. The van der Waals surface area contributed by atoms with E-state index in [9.17, 15) is 5.11 Å². The molecule has 5 aromatic rings.